The van der Waals surface area contributed by atoms with Gasteiger partial charge in [0.2, 0.25) is 11.8 Å². The summed E-state index contributed by atoms with van der Waals surface area (Å²) in [7, 11) is 0. The predicted octanol–water partition coefficient (Wildman–Crippen LogP) is 3.08. The van der Waals surface area contributed by atoms with Gasteiger partial charge in [-0.2, -0.15) is 5.10 Å². The molecule has 0 radical (unpaired) electrons. The number of esters is 1. The van der Waals surface area contributed by atoms with E-state index in [2.05, 4.69) is 10.5 Å². The molecule has 2 amide bonds. The molecule has 3 rings (SSSR count). The average molecular weight is 412 g/mol. The van der Waals surface area contributed by atoms with Gasteiger partial charge >= 0.3 is 5.97 Å². The lowest BCUT2D eigenvalue weighted by atomic mass is 10.1. The highest BCUT2D eigenvalue weighted by atomic mass is 16.5. The maximum atomic E-state index is 13.1. The van der Waals surface area contributed by atoms with Gasteiger partial charge < -0.3 is 9.64 Å². The highest BCUT2D eigenvalue weighted by Crippen LogP contribution is 2.29. The topological polar surface area (TPSA) is 88.1 Å². The molecule has 7 nitrogen and oxygen atoms in total. The van der Waals surface area contributed by atoms with Crippen LogP contribution in [0.3, 0.4) is 0 Å². The van der Waals surface area contributed by atoms with Crippen LogP contribution in [0.4, 0.5) is 0 Å². The number of amides is 2. The minimum Gasteiger partial charge on any atom is -0.460 e. The van der Waals surface area contributed by atoms with Gasteiger partial charge in [0.1, 0.15) is 6.10 Å². The zero-order valence-corrected chi connectivity index (χ0v) is 17.4. The van der Waals surface area contributed by atoms with Crippen molar-refractivity contribution in [2.45, 2.75) is 70.6 Å². The Kier molecular flexibility index (Phi) is 7.76. The second-order valence-corrected chi connectivity index (χ2v) is 7.77. The summed E-state index contributed by atoms with van der Waals surface area (Å²) < 4.78 is 5.73. The van der Waals surface area contributed by atoms with Crippen LogP contribution in [0.2, 0.25) is 0 Å². The monoisotopic (exact) mass is 411 g/mol. The predicted molar refractivity (Wildman–Crippen MR) is 114 cm³/mol. The molecule has 1 fully saturated rings. The summed E-state index contributed by atoms with van der Waals surface area (Å²) in [5.74, 6) is -0.352. The third-order valence-corrected chi connectivity index (χ3v) is 5.37. The Labute approximate surface area is 177 Å². The van der Waals surface area contributed by atoms with Gasteiger partial charge in [0.15, 0.2) is 0 Å². The van der Waals surface area contributed by atoms with E-state index in [1.54, 1.807) is 6.21 Å². The second-order valence-electron chi connectivity index (χ2n) is 7.77. The molecule has 0 unspecified atom stereocenters. The van der Waals surface area contributed by atoms with E-state index in [9.17, 15) is 14.4 Å². The molecule has 0 aromatic heterocycles. The van der Waals surface area contributed by atoms with Crippen LogP contribution in [0, 0.1) is 0 Å². The molecule has 2 aliphatic rings. The van der Waals surface area contributed by atoms with E-state index in [1.165, 1.54) is 6.92 Å². The lowest BCUT2D eigenvalue weighted by Gasteiger charge is -2.33. The van der Waals surface area contributed by atoms with Crippen molar-refractivity contribution in [1.82, 2.24) is 10.3 Å². The van der Waals surface area contributed by atoms with Gasteiger partial charge in [-0.15, -0.1) is 0 Å². The molecule has 0 saturated heterocycles. The van der Waals surface area contributed by atoms with Gasteiger partial charge in [-0.25, -0.2) is 5.43 Å². The fraction of sp³-hybridized carbons (Fsp3) is 0.478. The Bertz CT molecular complexity index is 833. The third kappa shape index (κ3) is 6.27. The molecule has 1 aromatic carbocycles. The van der Waals surface area contributed by atoms with Crippen LogP contribution in [-0.2, 0) is 25.7 Å². The van der Waals surface area contributed by atoms with Gasteiger partial charge in [0.05, 0.1) is 12.3 Å². The molecular formula is C23H29N3O4. The van der Waals surface area contributed by atoms with E-state index in [0.717, 1.165) is 30.4 Å². The number of rotatable bonds is 4. The van der Waals surface area contributed by atoms with Crippen molar-refractivity contribution in [3.63, 3.8) is 0 Å². The summed E-state index contributed by atoms with van der Waals surface area (Å²) in [6, 6.07) is 7.61. The quantitative estimate of drug-likeness (QED) is 0.357. The maximum Gasteiger partial charge on any atom is 0.306 e. The zero-order valence-electron chi connectivity index (χ0n) is 17.4. The van der Waals surface area contributed by atoms with Crippen LogP contribution in [-0.4, -0.2) is 41.0 Å². The molecule has 7 heteroatoms. The first-order valence-corrected chi connectivity index (χ1v) is 10.6. The van der Waals surface area contributed by atoms with Gasteiger partial charge in [-0.1, -0.05) is 30.4 Å². The van der Waals surface area contributed by atoms with Crippen LogP contribution < -0.4 is 5.43 Å². The molecule has 0 spiro atoms. The number of hydrogen-bond acceptors (Lipinski definition) is 5. The first kappa shape index (κ1) is 21.7. The molecule has 160 valence electrons. The fourth-order valence-corrected chi connectivity index (χ4v) is 3.97. The Hall–Kier alpha value is -2.96. The summed E-state index contributed by atoms with van der Waals surface area (Å²) in [6.45, 7) is 1.85. The maximum absolute atomic E-state index is 13.1. The normalized spacial score (nSPS) is 24.0. The fourth-order valence-electron chi connectivity index (χ4n) is 3.97. The van der Waals surface area contributed by atoms with Crippen LogP contribution >= 0.6 is 0 Å². The smallest absolute Gasteiger partial charge is 0.306 e. The van der Waals surface area contributed by atoms with E-state index >= 15 is 0 Å². The van der Waals surface area contributed by atoms with Crippen molar-refractivity contribution in [2.75, 3.05) is 0 Å². The van der Waals surface area contributed by atoms with Gasteiger partial charge in [0, 0.05) is 26.3 Å². The number of benzene rings is 1. The zero-order chi connectivity index (χ0) is 21.3. The second kappa shape index (κ2) is 10.7. The van der Waals surface area contributed by atoms with Crippen LogP contribution in [0.15, 0.2) is 41.5 Å². The van der Waals surface area contributed by atoms with Crippen molar-refractivity contribution >= 4 is 24.0 Å². The van der Waals surface area contributed by atoms with Crippen LogP contribution in [0.1, 0.15) is 63.0 Å². The summed E-state index contributed by atoms with van der Waals surface area (Å²) in [6.07, 6.45) is 9.97. The SMILES string of the molecule is CC(=O)N/N=C/c1cccc(CN2C(=O)CC/C=C/CCC(=O)O[C@H]3CCC[C@@H]32)c1. The lowest BCUT2D eigenvalue weighted by molar-refractivity contribution is -0.154. The van der Waals surface area contributed by atoms with Crippen molar-refractivity contribution in [3.05, 3.63) is 47.5 Å². The van der Waals surface area contributed by atoms with E-state index < -0.39 is 0 Å². The Morgan fingerprint density at radius 1 is 1.23 bits per heavy atom. The van der Waals surface area contributed by atoms with Crippen LogP contribution in [0.25, 0.3) is 0 Å². The Morgan fingerprint density at radius 2 is 2.03 bits per heavy atom. The van der Waals surface area contributed by atoms with Crippen molar-refractivity contribution < 1.29 is 19.1 Å². The lowest BCUT2D eigenvalue weighted by Crippen LogP contribution is -2.45. The first-order valence-electron chi connectivity index (χ1n) is 10.6. The van der Waals surface area contributed by atoms with E-state index in [4.69, 9.17) is 4.74 Å². The number of carbonyl (C=O) groups is 3. The van der Waals surface area contributed by atoms with E-state index in [-0.39, 0.29) is 29.9 Å². The van der Waals surface area contributed by atoms with Crippen molar-refractivity contribution in [2.24, 2.45) is 5.10 Å². The number of nitrogens with zero attached hydrogens (tertiary/aromatic N) is 2. The minimum absolute atomic E-state index is 0.0745. The average Bonchev–Trinajstić information content (AvgIpc) is 3.15. The summed E-state index contributed by atoms with van der Waals surface area (Å²) in [4.78, 5) is 38.1. The van der Waals surface area contributed by atoms with Crippen LogP contribution in [0.5, 0.6) is 0 Å². The number of allylic oxidation sites excluding steroid dienone is 2. The largest absolute Gasteiger partial charge is 0.460 e. The van der Waals surface area contributed by atoms with Gasteiger partial charge in [-0.3, -0.25) is 14.4 Å². The minimum atomic E-state index is -0.241. The number of hydrazone groups is 1. The summed E-state index contributed by atoms with van der Waals surface area (Å²) in [5.41, 5.74) is 4.19. The molecule has 1 N–H and O–H groups in total. The molecular weight excluding hydrogens is 382 g/mol. The molecule has 30 heavy (non-hydrogen) atoms. The van der Waals surface area contributed by atoms with Gasteiger partial charge in [0.25, 0.3) is 0 Å². The Morgan fingerprint density at radius 3 is 2.83 bits per heavy atom. The number of nitrogens with one attached hydrogen (secondary N) is 1. The number of hydrogen-bond donors (Lipinski definition) is 1. The highest BCUT2D eigenvalue weighted by molar-refractivity contribution is 5.82. The molecule has 1 saturated carbocycles. The molecule has 2 atom stereocenters. The molecule has 1 aromatic rings. The molecule has 0 bridgehead atoms. The standard InChI is InChI=1S/C23H29N3O4/c1-17(27)25-24-15-18-8-6-9-19(14-18)16-26-20-10-7-11-21(20)30-23(29)13-5-3-2-4-12-22(26)28/h2-3,6,8-9,14-15,20-21H,4-5,7,10-13,16H2,1H3,(H,25,27)/b3-2+,24-15+/t20-,21-/m0/s1. The van der Waals surface area contributed by atoms with E-state index in [1.807, 2.05) is 41.3 Å². The number of carbonyl (C=O) groups excluding carboxylic acids is 3. The number of ether oxygens (including phenoxy) is 1. The molecule has 1 heterocycles. The van der Waals surface area contributed by atoms with E-state index in [0.29, 0.717) is 32.2 Å². The molecule has 1 aliphatic carbocycles. The van der Waals surface area contributed by atoms with Gasteiger partial charge in [-0.05, 0) is 49.3 Å². The highest BCUT2D eigenvalue weighted by Gasteiger charge is 2.37. The molecule has 1 aliphatic heterocycles. The first-order chi connectivity index (χ1) is 14.5. The van der Waals surface area contributed by atoms with Crippen molar-refractivity contribution in [1.29, 1.82) is 0 Å². The summed E-state index contributed by atoms with van der Waals surface area (Å²) >= 11 is 0. The third-order valence-electron chi connectivity index (χ3n) is 5.37. The Balaban J connectivity index is 1.79. The summed E-state index contributed by atoms with van der Waals surface area (Å²) in [5, 5.41) is 3.90. The van der Waals surface area contributed by atoms with Crippen molar-refractivity contribution in [3.8, 4) is 0 Å². The number of fused-ring (bicyclic) bond motifs is 1.